The van der Waals surface area contributed by atoms with E-state index in [9.17, 15) is 0 Å². The zero-order valence-electron chi connectivity index (χ0n) is 27.2. The molecule has 0 fully saturated rings. The Morgan fingerprint density at radius 1 is 0.429 bits per heavy atom. The molecule has 49 heavy (non-hydrogen) atoms. The molecule has 2 heterocycles. The molecule has 0 atom stereocenters. The van der Waals surface area contributed by atoms with Gasteiger partial charge in [-0.05, 0) is 109 Å². The summed E-state index contributed by atoms with van der Waals surface area (Å²) >= 11 is 0. The van der Waals surface area contributed by atoms with Crippen LogP contribution in [0.25, 0.3) is 88.0 Å². The van der Waals surface area contributed by atoms with Crippen molar-refractivity contribution in [3.8, 4) is 56.0 Å². The normalized spacial score (nSPS) is 13.8. The van der Waals surface area contributed by atoms with Gasteiger partial charge in [0.15, 0.2) is 0 Å². The molecule has 0 unspecified atom stereocenters. The van der Waals surface area contributed by atoms with E-state index in [1.165, 1.54) is 71.6 Å². The van der Waals surface area contributed by atoms with Gasteiger partial charge >= 0.3 is 0 Å². The first-order chi connectivity index (χ1) is 24.0. The highest BCUT2D eigenvalue weighted by Gasteiger charge is 2.37. The summed E-state index contributed by atoms with van der Waals surface area (Å²) in [7, 11) is 0. The number of benzene rings is 8. The molecule has 2 heteroatoms. The summed E-state index contributed by atoms with van der Waals surface area (Å²) in [5, 5.41) is 7.16. The molecule has 0 amide bonds. The monoisotopic (exact) mass is 626 g/mol. The number of ether oxygens (including phenoxy) is 1. The highest BCUT2D eigenvalue weighted by molar-refractivity contribution is 6.14. The maximum atomic E-state index is 6.42. The van der Waals surface area contributed by atoms with E-state index >= 15 is 0 Å². The van der Waals surface area contributed by atoms with Crippen LogP contribution >= 0.6 is 0 Å². The molecular formula is C47H30O2. The molecule has 0 N–H and O–H groups in total. The molecule has 2 nitrogen and oxygen atoms in total. The van der Waals surface area contributed by atoms with Crippen molar-refractivity contribution < 1.29 is 9.15 Å². The van der Waals surface area contributed by atoms with Gasteiger partial charge in [-0.3, -0.25) is 0 Å². The van der Waals surface area contributed by atoms with Gasteiger partial charge in [-0.25, -0.2) is 0 Å². The summed E-state index contributed by atoms with van der Waals surface area (Å²) in [5.74, 6) is 1.82. The zero-order chi connectivity index (χ0) is 32.4. The van der Waals surface area contributed by atoms with Crippen LogP contribution < -0.4 is 4.74 Å². The Hall–Kier alpha value is -6.12. The van der Waals surface area contributed by atoms with E-state index in [0.29, 0.717) is 0 Å². The second kappa shape index (κ2) is 9.49. The zero-order valence-corrected chi connectivity index (χ0v) is 27.2. The lowest BCUT2D eigenvalue weighted by molar-refractivity contribution is 0.487. The summed E-state index contributed by atoms with van der Waals surface area (Å²) in [6.07, 6.45) is 0. The Balaban J connectivity index is 1.19. The lowest BCUT2D eigenvalue weighted by Gasteiger charge is -2.24. The fourth-order valence-corrected chi connectivity index (χ4v) is 8.75. The van der Waals surface area contributed by atoms with Gasteiger partial charge in [0.2, 0.25) is 0 Å². The molecule has 0 saturated carbocycles. The molecule has 0 radical (unpaired) electrons. The van der Waals surface area contributed by atoms with Crippen molar-refractivity contribution in [3.05, 3.63) is 157 Å². The third-order valence-electron chi connectivity index (χ3n) is 11.1. The van der Waals surface area contributed by atoms with E-state index < -0.39 is 0 Å². The predicted octanol–water partition coefficient (Wildman–Crippen LogP) is 13.3. The number of hydrogen-bond donors (Lipinski definition) is 0. The Bertz CT molecular complexity index is 2880. The van der Waals surface area contributed by atoms with Crippen molar-refractivity contribution in [2.75, 3.05) is 0 Å². The topological polar surface area (TPSA) is 22.4 Å². The Labute approximate surface area is 283 Å². The molecule has 2 aliphatic rings. The van der Waals surface area contributed by atoms with Gasteiger partial charge in [0.1, 0.15) is 22.7 Å². The maximum absolute atomic E-state index is 6.42. The number of fused-ring (bicyclic) bond motifs is 9. The van der Waals surface area contributed by atoms with Gasteiger partial charge in [-0.1, -0.05) is 117 Å². The molecule has 0 saturated heterocycles. The van der Waals surface area contributed by atoms with Crippen LogP contribution in [0.3, 0.4) is 0 Å². The molecule has 11 rings (SSSR count). The molecule has 230 valence electrons. The molecule has 8 aromatic carbocycles. The van der Waals surface area contributed by atoms with E-state index in [-0.39, 0.29) is 5.41 Å². The third kappa shape index (κ3) is 3.61. The highest BCUT2D eigenvalue weighted by Crippen LogP contribution is 2.55. The van der Waals surface area contributed by atoms with E-state index in [0.717, 1.165) is 39.0 Å². The Kier molecular flexibility index (Phi) is 5.21. The molecule has 0 bridgehead atoms. The van der Waals surface area contributed by atoms with Gasteiger partial charge in [-0.2, -0.15) is 0 Å². The first-order valence-corrected chi connectivity index (χ1v) is 17.0. The molecule has 9 aromatic rings. The summed E-state index contributed by atoms with van der Waals surface area (Å²) in [5.41, 5.74) is 14.4. The van der Waals surface area contributed by atoms with Gasteiger partial charge in [0.25, 0.3) is 0 Å². The van der Waals surface area contributed by atoms with Gasteiger partial charge in [0, 0.05) is 27.1 Å². The molecular weight excluding hydrogens is 597 g/mol. The van der Waals surface area contributed by atoms with Crippen LogP contribution in [0.2, 0.25) is 0 Å². The van der Waals surface area contributed by atoms with Crippen molar-refractivity contribution in [2.45, 2.75) is 19.3 Å². The van der Waals surface area contributed by atoms with Crippen LogP contribution in [0.15, 0.2) is 150 Å². The standard InChI is InChI=1S/C47H30O2/c1-47(2)38-15-6-3-12-36(38)46-39(47)26-29-24-27(30-21-23-43-45-34(30)13-9-14-35(45)32-10-4-7-16-40(32)49-43)18-20-31(29)44(46)28-19-22-42-37(25-28)33-11-5-8-17-41(33)48-42/h3-26H,1-2H3. The number of hydrogen-bond acceptors (Lipinski definition) is 2. The van der Waals surface area contributed by atoms with Crippen molar-refractivity contribution in [1.29, 1.82) is 0 Å². The van der Waals surface area contributed by atoms with Crippen molar-refractivity contribution in [1.82, 2.24) is 0 Å². The smallest absolute Gasteiger partial charge is 0.135 e. The Morgan fingerprint density at radius 2 is 1.18 bits per heavy atom. The average Bonchev–Trinajstić information content (AvgIpc) is 3.62. The number of rotatable bonds is 2. The SMILES string of the molecule is CC1(C)c2ccccc2-c2c1cc1cc(-c3ccc4c5c(cccc35)-c3ccccc3O4)ccc1c2-c1ccc2oc3ccccc3c2c1. The van der Waals surface area contributed by atoms with Crippen LogP contribution in [-0.2, 0) is 5.41 Å². The summed E-state index contributed by atoms with van der Waals surface area (Å²) in [6.45, 7) is 4.74. The minimum Gasteiger partial charge on any atom is -0.456 e. The van der Waals surface area contributed by atoms with Crippen LogP contribution in [0.5, 0.6) is 11.5 Å². The first kappa shape index (κ1) is 26.9. The van der Waals surface area contributed by atoms with Crippen LogP contribution in [0, 0.1) is 0 Å². The lowest BCUT2D eigenvalue weighted by atomic mass is 9.80. The highest BCUT2D eigenvalue weighted by atomic mass is 16.5. The molecule has 1 aliphatic heterocycles. The van der Waals surface area contributed by atoms with Crippen molar-refractivity contribution in [3.63, 3.8) is 0 Å². The van der Waals surface area contributed by atoms with Crippen LogP contribution in [0.4, 0.5) is 0 Å². The first-order valence-electron chi connectivity index (χ1n) is 17.0. The van der Waals surface area contributed by atoms with Crippen molar-refractivity contribution >= 4 is 43.5 Å². The van der Waals surface area contributed by atoms with Gasteiger partial charge in [-0.15, -0.1) is 0 Å². The average molecular weight is 627 g/mol. The van der Waals surface area contributed by atoms with E-state index in [1.807, 2.05) is 12.1 Å². The maximum Gasteiger partial charge on any atom is 0.135 e. The van der Waals surface area contributed by atoms with Crippen molar-refractivity contribution in [2.24, 2.45) is 0 Å². The molecule has 1 aromatic heterocycles. The largest absolute Gasteiger partial charge is 0.456 e. The van der Waals surface area contributed by atoms with E-state index in [1.54, 1.807) is 0 Å². The molecule has 1 aliphatic carbocycles. The summed E-state index contributed by atoms with van der Waals surface area (Å²) in [6, 6.07) is 52.8. The molecule has 0 spiro atoms. The fourth-order valence-electron chi connectivity index (χ4n) is 8.75. The minimum absolute atomic E-state index is 0.137. The van der Waals surface area contributed by atoms with E-state index in [2.05, 4.69) is 147 Å². The quantitative estimate of drug-likeness (QED) is 0.190. The van der Waals surface area contributed by atoms with Gasteiger partial charge < -0.3 is 9.15 Å². The van der Waals surface area contributed by atoms with Gasteiger partial charge in [0.05, 0.1) is 0 Å². The predicted molar refractivity (Wildman–Crippen MR) is 203 cm³/mol. The number of furan rings is 1. The summed E-state index contributed by atoms with van der Waals surface area (Å²) in [4.78, 5) is 0. The Morgan fingerprint density at radius 3 is 2.12 bits per heavy atom. The third-order valence-corrected chi connectivity index (χ3v) is 11.1. The van der Waals surface area contributed by atoms with Crippen LogP contribution in [0.1, 0.15) is 25.0 Å². The number of para-hydroxylation sites is 2. The van der Waals surface area contributed by atoms with Crippen LogP contribution in [-0.4, -0.2) is 0 Å². The second-order valence-electron chi connectivity index (χ2n) is 14.0. The summed E-state index contributed by atoms with van der Waals surface area (Å²) < 4.78 is 12.7. The fraction of sp³-hybridized carbons (Fsp3) is 0.0638. The second-order valence-corrected chi connectivity index (χ2v) is 14.0. The van der Waals surface area contributed by atoms with E-state index in [4.69, 9.17) is 9.15 Å². The lowest BCUT2D eigenvalue weighted by Crippen LogP contribution is -2.15. The minimum atomic E-state index is -0.137.